The second-order valence-electron chi connectivity index (χ2n) is 10.3. The van der Waals surface area contributed by atoms with Crippen molar-refractivity contribution in [2.24, 2.45) is 0 Å². The zero-order chi connectivity index (χ0) is 22.8. The van der Waals surface area contributed by atoms with Crippen molar-refractivity contribution in [3.63, 3.8) is 0 Å². The summed E-state index contributed by atoms with van der Waals surface area (Å²) in [6.45, 7) is 13.5. The molecule has 0 unspecified atom stereocenters. The van der Waals surface area contributed by atoms with Crippen LogP contribution in [-0.2, 0) is 12.1 Å². The zero-order valence-electron chi connectivity index (χ0n) is 19.5. The maximum atomic E-state index is 14.3. The van der Waals surface area contributed by atoms with Crippen LogP contribution in [0, 0.1) is 12.7 Å². The molecule has 0 bridgehead atoms. The number of nitrogens with one attached hydrogen (secondary N) is 2. The largest absolute Gasteiger partial charge is 0.321 e. The molecule has 2 aromatic heterocycles. The van der Waals surface area contributed by atoms with Crippen molar-refractivity contribution in [1.29, 1.82) is 0 Å². The van der Waals surface area contributed by atoms with Crippen molar-refractivity contribution >= 4 is 17.7 Å². The molecular formula is C23H32FN7O. The lowest BCUT2D eigenvalue weighted by atomic mass is 9.94. The number of piperazine rings is 1. The molecule has 0 radical (unpaired) electrons. The van der Waals surface area contributed by atoms with E-state index in [1.54, 1.807) is 6.07 Å². The molecule has 3 aliphatic heterocycles. The number of amides is 2. The molecule has 9 heteroatoms. The normalized spacial score (nSPS) is 26.9. The van der Waals surface area contributed by atoms with Crippen LogP contribution in [-0.4, -0.2) is 67.1 Å². The summed E-state index contributed by atoms with van der Waals surface area (Å²) in [5.41, 5.74) is 1.98. The van der Waals surface area contributed by atoms with Crippen molar-refractivity contribution in [3.05, 3.63) is 34.9 Å². The number of aryl methyl sites for hydroxylation is 1. The van der Waals surface area contributed by atoms with Crippen molar-refractivity contribution in [3.8, 4) is 0 Å². The first-order valence-electron chi connectivity index (χ1n) is 11.4. The van der Waals surface area contributed by atoms with Crippen LogP contribution in [0.5, 0.6) is 0 Å². The number of aromatic nitrogens is 3. The highest BCUT2D eigenvalue weighted by Crippen LogP contribution is 2.43. The number of fused-ring (bicyclic) bond motifs is 2. The fourth-order valence-electron chi connectivity index (χ4n) is 5.59. The molecule has 5 heterocycles. The van der Waals surface area contributed by atoms with E-state index in [4.69, 9.17) is 0 Å². The van der Waals surface area contributed by atoms with Gasteiger partial charge in [0, 0.05) is 35.9 Å². The van der Waals surface area contributed by atoms with Gasteiger partial charge in [-0.3, -0.25) is 10.00 Å². The molecule has 3 aliphatic rings. The van der Waals surface area contributed by atoms with Gasteiger partial charge < -0.3 is 15.1 Å². The number of anilines is 2. The molecule has 0 spiro atoms. The molecule has 2 aromatic rings. The van der Waals surface area contributed by atoms with Crippen molar-refractivity contribution in [2.75, 3.05) is 25.0 Å². The topological polar surface area (TPSA) is 80.4 Å². The number of H-pyrrole nitrogens is 1. The van der Waals surface area contributed by atoms with Crippen LogP contribution in [0.2, 0.25) is 0 Å². The van der Waals surface area contributed by atoms with E-state index in [-0.39, 0.29) is 23.4 Å². The predicted octanol–water partition coefficient (Wildman–Crippen LogP) is 3.73. The summed E-state index contributed by atoms with van der Waals surface area (Å²) in [5.74, 6) is 0.218. The Morgan fingerprint density at radius 3 is 2.84 bits per heavy atom. The van der Waals surface area contributed by atoms with Crippen LogP contribution >= 0.6 is 0 Å². The number of hydrogen-bond acceptors (Lipinski definition) is 5. The van der Waals surface area contributed by atoms with E-state index in [9.17, 15) is 9.18 Å². The van der Waals surface area contributed by atoms with Gasteiger partial charge in [-0.2, -0.15) is 5.10 Å². The van der Waals surface area contributed by atoms with Crippen molar-refractivity contribution in [2.45, 2.75) is 71.1 Å². The minimum atomic E-state index is -0.550. The number of aromatic amines is 1. The molecule has 0 aliphatic carbocycles. The standard InChI is InChI=1S/C23H32FN7O/c1-14-7-8-17(24)20(25-14)26-19-16-12-31(22(3,4)18(16)27-28-19)21(32)30-13-23(5)9-6-10-29(23)11-15(30)2/h7-8,15H,6,9-13H2,1-5H3,(H2,25,26,27,28)/t15-,23+/m0/s1. The van der Waals surface area contributed by atoms with Crippen LogP contribution in [0.25, 0.3) is 0 Å². The zero-order valence-corrected chi connectivity index (χ0v) is 19.5. The number of hydrogen-bond donors (Lipinski definition) is 2. The van der Waals surface area contributed by atoms with Gasteiger partial charge in [-0.1, -0.05) is 0 Å². The van der Waals surface area contributed by atoms with E-state index in [1.165, 1.54) is 12.5 Å². The third-order valence-corrected chi connectivity index (χ3v) is 7.60. The highest BCUT2D eigenvalue weighted by Gasteiger charge is 2.50. The van der Waals surface area contributed by atoms with E-state index >= 15 is 0 Å². The summed E-state index contributed by atoms with van der Waals surface area (Å²) in [6, 6.07) is 3.22. The van der Waals surface area contributed by atoms with Crippen molar-refractivity contribution < 1.29 is 9.18 Å². The first kappa shape index (κ1) is 21.2. The Morgan fingerprint density at radius 1 is 1.28 bits per heavy atom. The maximum absolute atomic E-state index is 14.3. The molecule has 0 saturated carbocycles. The van der Waals surface area contributed by atoms with Gasteiger partial charge in [0.25, 0.3) is 0 Å². The van der Waals surface area contributed by atoms with Gasteiger partial charge >= 0.3 is 6.03 Å². The SMILES string of the molecule is Cc1ccc(F)c(Nc2n[nH]c3c2CN(C(=O)N2C[C@@]4(C)CCCN4C[C@@H]2C)C3(C)C)n1. The molecule has 2 amide bonds. The second kappa shape index (κ2) is 7.16. The first-order chi connectivity index (χ1) is 15.1. The summed E-state index contributed by atoms with van der Waals surface area (Å²) < 4.78 is 14.3. The minimum Gasteiger partial charge on any atom is -0.321 e. The third-order valence-electron chi connectivity index (χ3n) is 7.60. The molecule has 8 nitrogen and oxygen atoms in total. The number of rotatable bonds is 2. The lowest BCUT2D eigenvalue weighted by Crippen LogP contribution is -2.65. The summed E-state index contributed by atoms with van der Waals surface area (Å²) in [5, 5.41) is 10.5. The summed E-state index contributed by atoms with van der Waals surface area (Å²) in [4.78, 5) is 24.5. The molecule has 2 fully saturated rings. The average molecular weight is 442 g/mol. The molecule has 2 atom stereocenters. The Morgan fingerprint density at radius 2 is 2.06 bits per heavy atom. The fourth-order valence-corrected chi connectivity index (χ4v) is 5.59. The Balaban J connectivity index is 1.40. The smallest absolute Gasteiger partial charge is 0.321 e. The first-order valence-corrected chi connectivity index (χ1v) is 11.4. The summed E-state index contributed by atoms with van der Waals surface area (Å²) in [7, 11) is 0. The number of halogens is 1. The van der Waals surface area contributed by atoms with Gasteiger partial charge in [-0.15, -0.1) is 0 Å². The predicted molar refractivity (Wildman–Crippen MR) is 120 cm³/mol. The minimum absolute atomic E-state index is 0.0469. The Hall–Kier alpha value is -2.68. The Kier molecular flexibility index (Phi) is 4.74. The van der Waals surface area contributed by atoms with E-state index in [2.05, 4.69) is 39.2 Å². The van der Waals surface area contributed by atoms with E-state index < -0.39 is 11.4 Å². The molecule has 5 rings (SSSR count). The fraction of sp³-hybridized carbons (Fsp3) is 0.609. The van der Waals surface area contributed by atoms with Gasteiger partial charge in [0.15, 0.2) is 17.5 Å². The second-order valence-corrected chi connectivity index (χ2v) is 10.3. The number of urea groups is 1. The van der Waals surface area contributed by atoms with Gasteiger partial charge in [0.1, 0.15) is 0 Å². The quantitative estimate of drug-likeness (QED) is 0.742. The highest BCUT2D eigenvalue weighted by atomic mass is 19.1. The molecule has 32 heavy (non-hydrogen) atoms. The van der Waals surface area contributed by atoms with Crippen LogP contribution in [0.4, 0.5) is 20.8 Å². The highest BCUT2D eigenvalue weighted by molar-refractivity contribution is 5.78. The Labute approximate surface area is 188 Å². The van der Waals surface area contributed by atoms with Crippen LogP contribution in [0.3, 0.4) is 0 Å². The number of carbonyl (C=O) groups is 1. The lowest BCUT2D eigenvalue weighted by molar-refractivity contribution is 0.00691. The molecule has 2 N–H and O–H groups in total. The van der Waals surface area contributed by atoms with E-state index in [1.807, 2.05) is 30.6 Å². The van der Waals surface area contributed by atoms with Gasteiger partial charge in [0.2, 0.25) is 0 Å². The Bertz CT molecular complexity index is 1070. The molecule has 172 valence electrons. The molecule has 2 saturated heterocycles. The van der Waals surface area contributed by atoms with Crippen molar-refractivity contribution in [1.82, 2.24) is 29.9 Å². The monoisotopic (exact) mass is 441 g/mol. The van der Waals surface area contributed by atoms with Crippen LogP contribution < -0.4 is 5.32 Å². The van der Waals surface area contributed by atoms with E-state index in [0.29, 0.717) is 18.1 Å². The van der Waals surface area contributed by atoms with Gasteiger partial charge in [0.05, 0.1) is 17.8 Å². The average Bonchev–Trinajstić information content (AvgIpc) is 3.38. The summed E-state index contributed by atoms with van der Waals surface area (Å²) in [6.07, 6.45) is 2.31. The van der Waals surface area contributed by atoms with Gasteiger partial charge in [-0.05, 0) is 66.1 Å². The van der Waals surface area contributed by atoms with Gasteiger partial charge in [-0.25, -0.2) is 14.2 Å². The lowest BCUT2D eigenvalue weighted by Gasteiger charge is -2.50. The number of nitrogens with zero attached hydrogens (tertiary/aromatic N) is 5. The third kappa shape index (κ3) is 3.17. The molecular weight excluding hydrogens is 409 g/mol. The van der Waals surface area contributed by atoms with Crippen LogP contribution in [0.1, 0.15) is 57.5 Å². The van der Waals surface area contributed by atoms with Crippen LogP contribution in [0.15, 0.2) is 12.1 Å². The number of carbonyl (C=O) groups excluding carboxylic acids is 1. The number of pyridine rings is 1. The maximum Gasteiger partial charge on any atom is 0.321 e. The molecule has 0 aromatic carbocycles. The summed E-state index contributed by atoms with van der Waals surface area (Å²) >= 11 is 0. The van der Waals surface area contributed by atoms with E-state index in [0.717, 1.165) is 37.3 Å².